The zero-order chi connectivity index (χ0) is 13.8. The number of amides is 1. The molecule has 4 N–H and O–H groups in total. The number of aryl methyl sites for hydroxylation is 2. The van der Waals surface area contributed by atoms with E-state index in [-0.39, 0.29) is 11.7 Å². The molecule has 0 saturated carbocycles. The SMILES string of the molecule is CCCc1ccccc1NC(=O)c1c(N)n[nH]c1C. The van der Waals surface area contributed by atoms with Gasteiger partial charge in [-0.25, -0.2) is 0 Å². The Balaban J connectivity index is 2.24. The lowest BCUT2D eigenvalue weighted by Crippen LogP contribution is -2.15. The second kappa shape index (κ2) is 5.56. The first-order valence-corrected chi connectivity index (χ1v) is 6.33. The van der Waals surface area contributed by atoms with Crippen molar-refractivity contribution in [2.45, 2.75) is 26.7 Å². The second-order valence-electron chi connectivity index (χ2n) is 4.47. The predicted octanol–water partition coefficient (Wildman–Crippen LogP) is 2.51. The first-order chi connectivity index (χ1) is 9.13. The van der Waals surface area contributed by atoms with Gasteiger partial charge in [-0.1, -0.05) is 31.5 Å². The largest absolute Gasteiger partial charge is 0.382 e. The van der Waals surface area contributed by atoms with Crippen LogP contribution in [0.3, 0.4) is 0 Å². The summed E-state index contributed by atoms with van der Waals surface area (Å²) < 4.78 is 0. The highest BCUT2D eigenvalue weighted by molar-refractivity contribution is 6.08. The fourth-order valence-corrected chi connectivity index (χ4v) is 2.05. The van der Waals surface area contributed by atoms with Gasteiger partial charge in [0.2, 0.25) is 0 Å². The van der Waals surface area contributed by atoms with E-state index >= 15 is 0 Å². The molecule has 0 atom stereocenters. The van der Waals surface area contributed by atoms with E-state index in [1.165, 1.54) is 0 Å². The number of aromatic nitrogens is 2. The molecule has 0 aliphatic carbocycles. The number of nitrogens with two attached hydrogens (primary N) is 1. The number of aromatic amines is 1. The summed E-state index contributed by atoms with van der Waals surface area (Å²) in [4.78, 5) is 12.2. The second-order valence-corrected chi connectivity index (χ2v) is 4.47. The Morgan fingerprint density at radius 3 is 2.79 bits per heavy atom. The van der Waals surface area contributed by atoms with Gasteiger partial charge in [-0.15, -0.1) is 0 Å². The van der Waals surface area contributed by atoms with Gasteiger partial charge in [0.1, 0.15) is 5.56 Å². The van der Waals surface area contributed by atoms with Crippen molar-refractivity contribution in [1.29, 1.82) is 0 Å². The van der Waals surface area contributed by atoms with E-state index in [0.717, 1.165) is 24.1 Å². The van der Waals surface area contributed by atoms with Crippen molar-refractivity contribution >= 4 is 17.4 Å². The summed E-state index contributed by atoms with van der Waals surface area (Å²) in [5, 5.41) is 9.44. The van der Waals surface area contributed by atoms with Crippen LogP contribution < -0.4 is 11.1 Å². The van der Waals surface area contributed by atoms with Gasteiger partial charge in [0.25, 0.3) is 5.91 Å². The molecule has 0 aliphatic rings. The van der Waals surface area contributed by atoms with Gasteiger partial charge in [-0.3, -0.25) is 9.89 Å². The van der Waals surface area contributed by atoms with Gasteiger partial charge in [0, 0.05) is 11.4 Å². The average Bonchev–Trinajstić information content (AvgIpc) is 2.72. The van der Waals surface area contributed by atoms with Gasteiger partial charge in [0.05, 0.1) is 0 Å². The van der Waals surface area contributed by atoms with Crippen LogP contribution >= 0.6 is 0 Å². The molecule has 0 radical (unpaired) electrons. The molecule has 100 valence electrons. The van der Waals surface area contributed by atoms with Crippen LogP contribution in [0.25, 0.3) is 0 Å². The maximum Gasteiger partial charge on any atom is 0.261 e. The molecule has 0 saturated heterocycles. The van der Waals surface area contributed by atoms with E-state index in [0.29, 0.717) is 11.3 Å². The number of carbonyl (C=O) groups is 1. The van der Waals surface area contributed by atoms with Crippen molar-refractivity contribution in [2.75, 3.05) is 11.1 Å². The van der Waals surface area contributed by atoms with E-state index in [1.54, 1.807) is 6.92 Å². The lowest BCUT2D eigenvalue weighted by atomic mass is 10.1. The molecule has 0 unspecified atom stereocenters. The van der Waals surface area contributed by atoms with E-state index < -0.39 is 0 Å². The molecule has 19 heavy (non-hydrogen) atoms. The number of anilines is 2. The average molecular weight is 258 g/mol. The number of carbonyl (C=O) groups excluding carboxylic acids is 1. The Morgan fingerprint density at radius 2 is 2.16 bits per heavy atom. The molecule has 2 rings (SSSR count). The molecule has 5 heteroatoms. The Bertz CT molecular complexity index is 569. The number of para-hydroxylation sites is 1. The minimum Gasteiger partial charge on any atom is -0.382 e. The zero-order valence-corrected chi connectivity index (χ0v) is 11.2. The number of benzene rings is 1. The predicted molar refractivity (Wildman–Crippen MR) is 76.1 cm³/mol. The molecule has 0 fully saturated rings. The Hall–Kier alpha value is -2.30. The van der Waals surface area contributed by atoms with Crippen LogP contribution in [0.4, 0.5) is 11.5 Å². The molecule has 1 amide bonds. The fourth-order valence-electron chi connectivity index (χ4n) is 2.05. The topological polar surface area (TPSA) is 83.8 Å². The van der Waals surface area contributed by atoms with E-state index in [4.69, 9.17) is 5.73 Å². The van der Waals surface area contributed by atoms with Crippen molar-refractivity contribution in [3.8, 4) is 0 Å². The van der Waals surface area contributed by atoms with Crippen LogP contribution in [0.5, 0.6) is 0 Å². The van der Waals surface area contributed by atoms with E-state index in [1.807, 2.05) is 24.3 Å². The molecule has 2 aromatic rings. The fraction of sp³-hybridized carbons (Fsp3) is 0.286. The molecule has 0 spiro atoms. The quantitative estimate of drug-likeness (QED) is 0.787. The van der Waals surface area contributed by atoms with Crippen molar-refractivity contribution in [2.24, 2.45) is 0 Å². The highest BCUT2D eigenvalue weighted by Gasteiger charge is 2.16. The molecule has 1 heterocycles. The Labute approximate surface area is 112 Å². The van der Waals surface area contributed by atoms with Crippen LogP contribution in [0.15, 0.2) is 24.3 Å². The summed E-state index contributed by atoms with van der Waals surface area (Å²) in [6.07, 6.45) is 1.95. The lowest BCUT2D eigenvalue weighted by molar-refractivity contribution is 0.102. The number of H-pyrrole nitrogens is 1. The molecule has 1 aromatic heterocycles. The summed E-state index contributed by atoms with van der Waals surface area (Å²) in [6.45, 7) is 3.88. The number of hydrogen-bond acceptors (Lipinski definition) is 3. The first-order valence-electron chi connectivity index (χ1n) is 6.33. The third-order valence-corrected chi connectivity index (χ3v) is 2.99. The summed E-state index contributed by atoms with van der Waals surface area (Å²) in [7, 11) is 0. The Kier molecular flexibility index (Phi) is 3.85. The van der Waals surface area contributed by atoms with Gasteiger partial charge < -0.3 is 11.1 Å². The zero-order valence-electron chi connectivity index (χ0n) is 11.2. The maximum atomic E-state index is 12.2. The molecular formula is C14H18N4O. The van der Waals surface area contributed by atoms with Crippen molar-refractivity contribution < 1.29 is 4.79 Å². The smallest absolute Gasteiger partial charge is 0.261 e. The van der Waals surface area contributed by atoms with Crippen LogP contribution in [0.1, 0.15) is 35.0 Å². The van der Waals surface area contributed by atoms with Gasteiger partial charge in [-0.05, 0) is 25.0 Å². The molecule has 0 aliphatic heterocycles. The summed E-state index contributed by atoms with van der Waals surface area (Å²) >= 11 is 0. The number of rotatable bonds is 4. The highest BCUT2D eigenvalue weighted by Crippen LogP contribution is 2.20. The maximum absolute atomic E-state index is 12.2. The van der Waals surface area contributed by atoms with Gasteiger partial charge >= 0.3 is 0 Å². The van der Waals surface area contributed by atoms with Gasteiger partial charge in [0.15, 0.2) is 5.82 Å². The van der Waals surface area contributed by atoms with Gasteiger partial charge in [-0.2, -0.15) is 5.10 Å². The third kappa shape index (κ3) is 2.76. The van der Waals surface area contributed by atoms with E-state index in [9.17, 15) is 4.79 Å². The van der Waals surface area contributed by atoms with Crippen molar-refractivity contribution in [1.82, 2.24) is 10.2 Å². The summed E-state index contributed by atoms with van der Waals surface area (Å²) in [6, 6.07) is 7.79. The number of nitrogens with one attached hydrogen (secondary N) is 2. The van der Waals surface area contributed by atoms with E-state index in [2.05, 4.69) is 22.4 Å². The lowest BCUT2D eigenvalue weighted by Gasteiger charge is -2.10. The monoisotopic (exact) mass is 258 g/mol. The number of nitrogen functional groups attached to an aromatic ring is 1. The molecular weight excluding hydrogens is 240 g/mol. The summed E-state index contributed by atoms with van der Waals surface area (Å²) in [5.74, 6) is -0.00437. The van der Waals surface area contributed by atoms with Crippen LogP contribution in [0.2, 0.25) is 0 Å². The first kappa shape index (κ1) is 13.1. The minimum absolute atomic E-state index is 0.225. The molecule has 1 aromatic carbocycles. The molecule has 5 nitrogen and oxygen atoms in total. The normalized spacial score (nSPS) is 10.4. The minimum atomic E-state index is -0.229. The van der Waals surface area contributed by atoms with Crippen LogP contribution in [-0.4, -0.2) is 16.1 Å². The summed E-state index contributed by atoms with van der Waals surface area (Å²) in [5.41, 5.74) is 8.72. The third-order valence-electron chi connectivity index (χ3n) is 2.99. The van der Waals surface area contributed by atoms with Crippen LogP contribution in [0, 0.1) is 6.92 Å². The van der Waals surface area contributed by atoms with Crippen molar-refractivity contribution in [3.05, 3.63) is 41.1 Å². The molecule has 0 bridgehead atoms. The number of hydrogen-bond donors (Lipinski definition) is 3. The highest BCUT2D eigenvalue weighted by atomic mass is 16.1. The van der Waals surface area contributed by atoms with Crippen LogP contribution in [-0.2, 0) is 6.42 Å². The van der Waals surface area contributed by atoms with Crippen molar-refractivity contribution in [3.63, 3.8) is 0 Å². The Morgan fingerprint density at radius 1 is 1.42 bits per heavy atom. The number of nitrogens with zero attached hydrogens (tertiary/aromatic N) is 1. The standard InChI is InChI=1S/C14H18N4O/c1-3-6-10-7-4-5-8-11(10)16-14(19)12-9(2)17-18-13(12)15/h4-5,7-8H,3,6H2,1-2H3,(H,16,19)(H3,15,17,18).